The van der Waals surface area contributed by atoms with Crippen LogP contribution in [0, 0.1) is 19.8 Å². The quantitative estimate of drug-likeness (QED) is 0.865. The lowest BCUT2D eigenvalue weighted by Crippen LogP contribution is -2.10. The largest absolute Gasteiger partial charge is 0.493 e. The van der Waals surface area contributed by atoms with Crippen LogP contribution in [-0.2, 0) is 6.54 Å². The van der Waals surface area contributed by atoms with Crippen LogP contribution in [0.5, 0.6) is 5.75 Å². The molecule has 1 fully saturated rings. The van der Waals surface area contributed by atoms with Crippen LogP contribution in [-0.4, -0.2) is 6.61 Å². The van der Waals surface area contributed by atoms with Crippen molar-refractivity contribution in [2.24, 2.45) is 11.7 Å². The topological polar surface area (TPSA) is 35.2 Å². The molecule has 1 aliphatic rings. The van der Waals surface area contributed by atoms with Crippen LogP contribution in [0.25, 0.3) is 0 Å². The minimum atomic E-state index is 0.602. The van der Waals surface area contributed by atoms with Gasteiger partial charge in [0.25, 0.3) is 0 Å². The van der Waals surface area contributed by atoms with Crippen molar-refractivity contribution in [2.45, 2.75) is 46.1 Å². The Morgan fingerprint density at radius 1 is 1.18 bits per heavy atom. The summed E-state index contributed by atoms with van der Waals surface area (Å²) in [5.41, 5.74) is 9.28. The lowest BCUT2D eigenvalue weighted by Gasteiger charge is -2.16. The summed E-state index contributed by atoms with van der Waals surface area (Å²) in [7, 11) is 0. The van der Waals surface area contributed by atoms with Crippen LogP contribution >= 0.6 is 0 Å². The van der Waals surface area contributed by atoms with Crippen molar-refractivity contribution < 1.29 is 4.74 Å². The molecule has 2 N–H and O–H groups in total. The summed E-state index contributed by atoms with van der Waals surface area (Å²) in [5.74, 6) is 1.83. The molecule has 0 aliphatic heterocycles. The molecule has 2 rings (SSSR count). The molecule has 0 saturated heterocycles. The second-order valence-corrected chi connectivity index (χ2v) is 5.22. The first-order valence-corrected chi connectivity index (χ1v) is 6.63. The van der Waals surface area contributed by atoms with E-state index in [1.54, 1.807) is 0 Å². The lowest BCUT2D eigenvalue weighted by molar-refractivity contribution is 0.249. The van der Waals surface area contributed by atoms with Gasteiger partial charge in [-0.05, 0) is 49.3 Å². The van der Waals surface area contributed by atoms with Crippen molar-refractivity contribution in [1.29, 1.82) is 0 Å². The van der Waals surface area contributed by atoms with E-state index < -0.39 is 0 Å². The number of benzene rings is 1. The highest BCUT2D eigenvalue weighted by Crippen LogP contribution is 2.29. The van der Waals surface area contributed by atoms with Gasteiger partial charge in [-0.15, -0.1) is 0 Å². The number of ether oxygens (including phenoxy) is 1. The van der Waals surface area contributed by atoms with Gasteiger partial charge in [-0.25, -0.2) is 0 Å². The molecule has 1 saturated carbocycles. The predicted molar refractivity (Wildman–Crippen MR) is 71.3 cm³/mol. The standard InChI is InChI=1S/C15H23NO/c1-11-7-14(9-16)8-12(2)15(11)17-10-13-5-3-4-6-13/h7-8,13H,3-6,9-10,16H2,1-2H3. The molecule has 1 aromatic carbocycles. The Balaban J connectivity index is 2.04. The summed E-state index contributed by atoms with van der Waals surface area (Å²) >= 11 is 0. The van der Waals surface area contributed by atoms with E-state index in [-0.39, 0.29) is 0 Å². The first-order chi connectivity index (χ1) is 8.20. The molecule has 0 atom stereocenters. The number of hydrogen-bond acceptors (Lipinski definition) is 2. The van der Waals surface area contributed by atoms with Crippen LogP contribution in [0.15, 0.2) is 12.1 Å². The van der Waals surface area contributed by atoms with Gasteiger partial charge in [0.1, 0.15) is 5.75 Å². The minimum absolute atomic E-state index is 0.602. The Labute approximate surface area is 104 Å². The smallest absolute Gasteiger partial charge is 0.125 e. The first kappa shape index (κ1) is 12.4. The molecule has 2 nitrogen and oxygen atoms in total. The SMILES string of the molecule is Cc1cc(CN)cc(C)c1OCC1CCCC1. The highest BCUT2D eigenvalue weighted by atomic mass is 16.5. The van der Waals surface area contributed by atoms with Gasteiger partial charge in [0.05, 0.1) is 6.61 Å². The highest BCUT2D eigenvalue weighted by Gasteiger charge is 2.16. The van der Waals surface area contributed by atoms with Crippen molar-refractivity contribution in [3.63, 3.8) is 0 Å². The molecule has 2 heteroatoms. The van der Waals surface area contributed by atoms with Crippen molar-refractivity contribution in [2.75, 3.05) is 6.61 Å². The summed E-state index contributed by atoms with van der Waals surface area (Å²) in [5, 5.41) is 0. The molecule has 0 spiro atoms. The average molecular weight is 233 g/mol. The molecule has 0 heterocycles. The van der Waals surface area contributed by atoms with E-state index in [0.717, 1.165) is 18.3 Å². The zero-order valence-electron chi connectivity index (χ0n) is 11.0. The third kappa shape index (κ3) is 3.01. The van der Waals surface area contributed by atoms with Crippen molar-refractivity contribution in [3.05, 3.63) is 28.8 Å². The molecule has 94 valence electrons. The Morgan fingerprint density at radius 2 is 1.76 bits per heavy atom. The summed E-state index contributed by atoms with van der Waals surface area (Å²) in [6.45, 7) is 5.69. The molecule has 0 radical (unpaired) electrons. The fourth-order valence-electron chi connectivity index (χ4n) is 2.76. The number of aryl methyl sites for hydroxylation is 2. The number of nitrogens with two attached hydrogens (primary N) is 1. The fourth-order valence-corrected chi connectivity index (χ4v) is 2.76. The van der Waals surface area contributed by atoms with Crippen LogP contribution < -0.4 is 10.5 Å². The van der Waals surface area contributed by atoms with E-state index in [0.29, 0.717) is 6.54 Å². The summed E-state index contributed by atoms with van der Waals surface area (Å²) in [6, 6.07) is 4.27. The van der Waals surface area contributed by atoms with Crippen molar-refractivity contribution in [3.8, 4) is 5.75 Å². The van der Waals surface area contributed by atoms with E-state index in [1.807, 2.05) is 0 Å². The van der Waals surface area contributed by atoms with E-state index >= 15 is 0 Å². The summed E-state index contributed by atoms with van der Waals surface area (Å²) in [4.78, 5) is 0. The minimum Gasteiger partial charge on any atom is -0.493 e. The van der Waals surface area contributed by atoms with Crippen LogP contribution in [0.1, 0.15) is 42.4 Å². The third-order valence-electron chi connectivity index (χ3n) is 3.69. The van der Waals surface area contributed by atoms with Gasteiger partial charge in [-0.2, -0.15) is 0 Å². The predicted octanol–water partition coefficient (Wildman–Crippen LogP) is 3.33. The molecule has 0 aromatic heterocycles. The molecule has 17 heavy (non-hydrogen) atoms. The monoisotopic (exact) mass is 233 g/mol. The van der Waals surface area contributed by atoms with E-state index in [4.69, 9.17) is 10.5 Å². The van der Waals surface area contributed by atoms with Gasteiger partial charge in [-0.1, -0.05) is 25.0 Å². The van der Waals surface area contributed by atoms with Crippen LogP contribution in [0.4, 0.5) is 0 Å². The number of rotatable bonds is 4. The van der Waals surface area contributed by atoms with E-state index in [1.165, 1.54) is 42.4 Å². The van der Waals surface area contributed by atoms with E-state index in [2.05, 4.69) is 26.0 Å². The zero-order chi connectivity index (χ0) is 12.3. The Bertz CT molecular complexity index is 358. The zero-order valence-corrected chi connectivity index (χ0v) is 11.0. The van der Waals surface area contributed by atoms with Gasteiger partial charge in [0, 0.05) is 6.54 Å². The highest BCUT2D eigenvalue weighted by molar-refractivity contribution is 5.43. The Morgan fingerprint density at radius 3 is 2.29 bits per heavy atom. The first-order valence-electron chi connectivity index (χ1n) is 6.63. The second-order valence-electron chi connectivity index (χ2n) is 5.22. The van der Waals surface area contributed by atoms with Crippen LogP contribution in [0.2, 0.25) is 0 Å². The third-order valence-corrected chi connectivity index (χ3v) is 3.69. The molecular formula is C15H23NO. The summed E-state index contributed by atoms with van der Waals surface area (Å²) in [6.07, 6.45) is 5.41. The maximum Gasteiger partial charge on any atom is 0.125 e. The summed E-state index contributed by atoms with van der Waals surface area (Å²) < 4.78 is 6.01. The molecule has 0 amide bonds. The lowest BCUT2D eigenvalue weighted by atomic mass is 10.1. The molecule has 0 unspecified atom stereocenters. The second kappa shape index (κ2) is 5.54. The van der Waals surface area contributed by atoms with Crippen molar-refractivity contribution in [1.82, 2.24) is 0 Å². The van der Waals surface area contributed by atoms with Gasteiger partial charge >= 0.3 is 0 Å². The fraction of sp³-hybridized carbons (Fsp3) is 0.600. The van der Waals surface area contributed by atoms with Gasteiger partial charge in [0.15, 0.2) is 0 Å². The van der Waals surface area contributed by atoms with Crippen molar-refractivity contribution >= 4 is 0 Å². The molecular weight excluding hydrogens is 210 g/mol. The maximum absolute atomic E-state index is 6.01. The normalized spacial score (nSPS) is 16.4. The van der Waals surface area contributed by atoms with Gasteiger partial charge in [-0.3, -0.25) is 0 Å². The molecule has 0 bridgehead atoms. The van der Waals surface area contributed by atoms with Gasteiger partial charge in [0.2, 0.25) is 0 Å². The maximum atomic E-state index is 6.01. The average Bonchev–Trinajstić information content (AvgIpc) is 2.80. The van der Waals surface area contributed by atoms with Gasteiger partial charge < -0.3 is 10.5 Å². The van der Waals surface area contributed by atoms with Crippen LogP contribution in [0.3, 0.4) is 0 Å². The van der Waals surface area contributed by atoms with E-state index in [9.17, 15) is 0 Å². The Kier molecular flexibility index (Phi) is 4.06. The Hall–Kier alpha value is -1.02. The molecule has 1 aliphatic carbocycles. The molecule has 1 aromatic rings. The number of hydrogen-bond donors (Lipinski definition) is 1.